The summed E-state index contributed by atoms with van der Waals surface area (Å²) in [6.45, 7) is 1.61. The van der Waals surface area contributed by atoms with Crippen molar-refractivity contribution in [1.29, 1.82) is 0 Å². The van der Waals surface area contributed by atoms with Crippen LogP contribution in [0.15, 0.2) is 88.9 Å². The molecule has 0 spiro atoms. The summed E-state index contributed by atoms with van der Waals surface area (Å²) >= 11 is 2.00. The molecule has 3 aromatic carbocycles. The van der Waals surface area contributed by atoms with E-state index in [9.17, 15) is 23.9 Å². The Hall–Kier alpha value is -4.81. The smallest absolute Gasteiger partial charge is 0.283 e. The maximum absolute atomic E-state index is 13.3. The summed E-state index contributed by atoms with van der Waals surface area (Å²) in [6, 6.07) is 20.5. The number of hydrogen-bond donors (Lipinski definition) is 3. The number of aromatic nitrogens is 1. The lowest BCUT2D eigenvalue weighted by molar-refractivity contribution is -0.113. The number of rotatable bonds is 6. The molecule has 1 fully saturated rings. The Morgan fingerprint density at radius 1 is 1.00 bits per heavy atom. The number of aryl methyl sites for hydroxylation is 1. The van der Waals surface area contributed by atoms with Gasteiger partial charge in [-0.05, 0) is 67.2 Å². The van der Waals surface area contributed by atoms with E-state index in [1.165, 1.54) is 35.2 Å². The first-order chi connectivity index (χ1) is 19.3. The summed E-state index contributed by atoms with van der Waals surface area (Å²) in [5, 5.41) is 17.4. The summed E-state index contributed by atoms with van der Waals surface area (Å²) in [7, 11) is 0. The Kier molecular flexibility index (Phi) is 7.71. The van der Waals surface area contributed by atoms with Gasteiger partial charge in [0.2, 0.25) is 0 Å². The summed E-state index contributed by atoms with van der Waals surface area (Å²) in [5.74, 6) is -1.88. The molecule has 2 heterocycles. The van der Waals surface area contributed by atoms with Crippen LogP contribution >= 0.6 is 23.1 Å². The van der Waals surface area contributed by atoms with E-state index in [1.54, 1.807) is 55.5 Å². The minimum absolute atomic E-state index is 0.0244. The van der Waals surface area contributed by atoms with Crippen LogP contribution in [0.1, 0.15) is 31.3 Å². The van der Waals surface area contributed by atoms with Crippen LogP contribution in [0.25, 0.3) is 6.08 Å². The molecule has 12 heteroatoms. The minimum atomic E-state index is -0.580. The standard InChI is InChI=1S/C28H20FN5O4S2/c1-16-23(40-27(30-16)31-24(36)17-11-13-19(29)14-12-17)25(37)32-33-28-34(20-8-3-2-4-9-20)26(38)22(39-28)15-18-7-5-6-10-21(18)35/h2-15,35H,1H3,(H,32,37)(H,30,31,36)/b22-15+,33-28+. The Morgan fingerprint density at radius 3 is 2.42 bits per heavy atom. The van der Waals surface area contributed by atoms with Crippen LogP contribution in [0.3, 0.4) is 0 Å². The topological polar surface area (TPSA) is 124 Å². The Morgan fingerprint density at radius 2 is 1.70 bits per heavy atom. The van der Waals surface area contributed by atoms with Crippen molar-refractivity contribution < 1.29 is 23.9 Å². The molecule has 0 unspecified atom stereocenters. The summed E-state index contributed by atoms with van der Waals surface area (Å²) in [6.07, 6.45) is 1.56. The number of benzene rings is 3. The highest BCUT2D eigenvalue weighted by atomic mass is 32.2. The zero-order chi connectivity index (χ0) is 28.2. The number of phenols is 1. The highest BCUT2D eigenvalue weighted by Gasteiger charge is 2.35. The Balaban J connectivity index is 1.37. The van der Waals surface area contributed by atoms with Gasteiger partial charge in [0, 0.05) is 11.1 Å². The number of thiazole rings is 1. The molecule has 3 N–H and O–H groups in total. The number of nitrogens with one attached hydrogen (secondary N) is 2. The second kappa shape index (κ2) is 11.5. The first kappa shape index (κ1) is 26.8. The van der Waals surface area contributed by atoms with Gasteiger partial charge in [-0.15, -0.1) is 5.10 Å². The number of anilines is 2. The van der Waals surface area contributed by atoms with Crippen LogP contribution in [-0.2, 0) is 4.79 Å². The second-order valence-corrected chi connectivity index (χ2v) is 10.4. The molecule has 3 amide bonds. The van der Waals surface area contributed by atoms with Gasteiger partial charge >= 0.3 is 0 Å². The zero-order valence-corrected chi connectivity index (χ0v) is 22.4. The molecule has 0 saturated carbocycles. The van der Waals surface area contributed by atoms with Crippen molar-refractivity contribution in [2.45, 2.75) is 6.92 Å². The van der Waals surface area contributed by atoms with Crippen LogP contribution in [0, 0.1) is 12.7 Å². The predicted octanol–water partition coefficient (Wildman–Crippen LogP) is 5.37. The highest BCUT2D eigenvalue weighted by molar-refractivity contribution is 8.19. The molecule has 0 aliphatic carbocycles. The normalized spacial score (nSPS) is 15.1. The van der Waals surface area contributed by atoms with Crippen molar-refractivity contribution in [3.63, 3.8) is 0 Å². The summed E-state index contributed by atoms with van der Waals surface area (Å²) < 4.78 is 13.2. The zero-order valence-electron chi connectivity index (χ0n) is 20.8. The lowest BCUT2D eigenvalue weighted by Crippen LogP contribution is -2.31. The maximum Gasteiger partial charge on any atom is 0.283 e. The number of carbonyl (C=O) groups is 3. The van der Waals surface area contributed by atoms with Gasteiger partial charge in [-0.25, -0.2) is 14.8 Å². The van der Waals surface area contributed by atoms with E-state index in [1.807, 2.05) is 6.07 Å². The van der Waals surface area contributed by atoms with Crippen LogP contribution in [0.5, 0.6) is 5.75 Å². The number of amides is 3. The third-order valence-corrected chi connectivity index (χ3v) is 7.67. The van der Waals surface area contributed by atoms with Gasteiger partial charge in [-0.2, -0.15) is 0 Å². The fourth-order valence-electron chi connectivity index (χ4n) is 3.68. The first-order valence-electron chi connectivity index (χ1n) is 11.8. The third-order valence-electron chi connectivity index (χ3n) is 5.63. The largest absolute Gasteiger partial charge is 0.507 e. The molecule has 9 nitrogen and oxygen atoms in total. The van der Waals surface area contributed by atoms with E-state index >= 15 is 0 Å². The lowest BCUT2D eigenvalue weighted by atomic mass is 10.2. The molecule has 0 atom stereocenters. The van der Waals surface area contributed by atoms with Crippen LogP contribution in [0.4, 0.5) is 15.2 Å². The van der Waals surface area contributed by atoms with E-state index in [4.69, 9.17) is 0 Å². The fraction of sp³-hybridized carbons (Fsp3) is 0.0357. The van der Waals surface area contributed by atoms with Crippen LogP contribution in [-0.4, -0.2) is 33.0 Å². The SMILES string of the molecule is Cc1nc(NC(=O)c2ccc(F)cc2)sc1C(=O)N/N=C1/S/C(=C/c2ccccc2O)C(=O)N1c1ccccc1. The van der Waals surface area contributed by atoms with Crippen molar-refractivity contribution in [2.75, 3.05) is 10.2 Å². The summed E-state index contributed by atoms with van der Waals surface area (Å²) in [4.78, 5) is 44.9. The van der Waals surface area contributed by atoms with Crippen molar-refractivity contribution in [3.8, 4) is 5.75 Å². The van der Waals surface area contributed by atoms with Crippen molar-refractivity contribution in [2.24, 2.45) is 5.10 Å². The van der Waals surface area contributed by atoms with E-state index in [2.05, 4.69) is 20.8 Å². The van der Waals surface area contributed by atoms with Gasteiger partial charge in [-0.3, -0.25) is 24.6 Å². The molecule has 1 aliphatic rings. The highest BCUT2D eigenvalue weighted by Crippen LogP contribution is 2.36. The number of amidine groups is 1. The van der Waals surface area contributed by atoms with E-state index in [0.717, 1.165) is 23.1 Å². The van der Waals surface area contributed by atoms with Crippen molar-refractivity contribution in [3.05, 3.63) is 111 Å². The first-order valence-corrected chi connectivity index (χ1v) is 13.4. The lowest BCUT2D eigenvalue weighted by Gasteiger charge is -2.15. The number of nitrogens with zero attached hydrogens (tertiary/aromatic N) is 3. The fourth-order valence-corrected chi connectivity index (χ4v) is 5.47. The number of thioether (sulfide) groups is 1. The molecule has 0 radical (unpaired) electrons. The monoisotopic (exact) mass is 573 g/mol. The van der Waals surface area contributed by atoms with Gasteiger partial charge in [-0.1, -0.05) is 47.7 Å². The average molecular weight is 574 g/mol. The Labute approximate surface area is 236 Å². The van der Waals surface area contributed by atoms with E-state index < -0.39 is 17.6 Å². The molecule has 1 aliphatic heterocycles. The molecule has 1 aromatic heterocycles. The average Bonchev–Trinajstić information content (AvgIpc) is 3.47. The van der Waals surface area contributed by atoms with Gasteiger partial charge in [0.1, 0.15) is 16.4 Å². The number of hydrazone groups is 1. The second-order valence-electron chi connectivity index (χ2n) is 8.38. The van der Waals surface area contributed by atoms with Crippen LogP contribution < -0.4 is 15.6 Å². The number of halogens is 1. The minimum Gasteiger partial charge on any atom is -0.507 e. The maximum atomic E-state index is 13.3. The van der Waals surface area contributed by atoms with Gasteiger partial charge in [0.25, 0.3) is 17.7 Å². The third kappa shape index (κ3) is 5.77. The van der Waals surface area contributed by atoms with E-state index in [-0.39, 0.29) is 32.4 Å². The van der Waals surface area contributed by atoms with Gasteiger partial charge in [0.05, 0.1) is 16.3 Å². The van der Waals surface area contributed by atoms with Gasteiger partial charge in [0.15, 0.2) is 10.3 Å². The van der Waals surface area contributed by atoms with Crippen molar-refractivity contribution in [1.82, 2.24) is 10.4 Å². The number of carbonyl (C=O) groups excluding carboxylic acids is 3. The van der Waals surface area contributed by atoms with Gasteiger partial charge < -0.3 is 5.11 Å². The number of hydrogen-bond acceptors (Lipinski definition) is 8. The predicted molar refractivity (Wildman–Crippen MR) is 154 cm³/mol. The molecule has 0 bridgehead atoms. The molecule has 4 aromatic rings. The summed E-state index contributed by atoms with van der Waals surface area (Å²) in [5.41, 5.74) is 4.10. The number of phenolic OH excluding ortho intramolecular Hbond substituents is 1. The molecular formula is C28H20FN5O4S2. The Bertz CT molecular complexity index is 1670. The number of para-hydroxylation sites is 2. The quantitative estimate of drug-likeness (QED) is 0.211. The molecule has 5 rings (SSSR count). The van der Waals surface area contributed by atoms with E-state index in [0.29, 0.717) is 21.8 Å². The molecule has 200 valence electrons. The van der Waals surface area contributed by atoms with Crippen molar-refractivity contribution >= 4 is 62.9 Å². The molecular weight excluding hydrogens is 553 g/mol. The molecule has 40 heavy (non-hydrogen) atoms. The molecule has 1 saturated heterocycles. The number of aromatic hydroxyl groups is 1. The van der Waals surface area contributed by atoms with Crippen LogP contribution in [0.2, 0.25) is 0 Å².